The summed E-state index contributed by atoms with van der Waals surface area (Å²) < 4.78 is 0. The highest BCUT2D eigenvalue weighted by Crippen LogP contribution is 2.10. The Bertz CT molecular complexity index is 240. The van der Waals surface area contributed by atoms with E-state index in [0.29, 0.717) is 0 Å². The van der Waals surface area contributed by atoms with E-state index >= 15 is 0 Å². The number of unbranched alkanes of at least 4 members (excludes halogenated alkanes) is 7. The maximum atomic E-state index is 2.42. The van der Waals surface area contributed by atoms with Gasteiger partial charge in [-0.25, -0.2) is 0 Å². The SMILES string of the molecule is CCCCCCCCCCN1C=CC(C)=CC1. The van der Waals surface area contributed by atoms with Gasteiger partial charge in [0.15, 0.2) is 0 Å². The van der Waals surface area contributed by atoms with Crippen LogP contribution in [0.5, 0.6) is 0 Å². The molecule has 0 N–H and O–H groups in total. The zero-order valence-corrected chi connectivity index (χ0v) is 11.8. The van der Waals surface area contributed by atoms with Crippen molar-refractivity contribution in [3.8, 4) is 0 Å². The predicted octanol–water partition coefficient (Wildman–Crippen LogP) is 4.90. The second-order valence-electron chi connectivity index (χ2n) is 5.23. The Hall–Kier alpha value is -0.720. The Balaban J connectivity index is 1.86. The average Bonchev–Trinajstić information content (AvgIpc) is 2.35. The molecule has 98 valence electrons. The van der Waals surface area contributed by atoms with Gasteiger partial charge in [0, 0.05) is 13.1 Å². The minimum absolute atomic E-state index is 1.11. The standard InChI is InChI=1S/C16H29N/c1-3-4-5-6-7-8-9-10-13-17-14-11-16(2)12-15-17/h11-12,14H,3-10,13,15H2,1-2H3. The number of hydrogen-bond acceptors (Lipinski definition) is 1. The fourth-order valence-electron chi connectivity index (χ4n) is 2.23. The summed E-state index contributed by atoms with van der Waals surface area (Å²) >= 11 is 0. The molecule has 0 saturated carbocycles. The minimum Gasteiger partial charge on any atom is -0.374 e. The molecule has 0 saturated heterocycles. The van der Waals surface area contributed by atoms with Crippen molar-refractivity contribution in [1.82, 2.24) is 4.90 Å². The van der Waals surface area contributed by atoms with Crippen molar-refractivity contribution in [2.75, 3.05) is 13.1 Å². The molecular weight excluding hydrogens is 206 g/mol. The van der Waals surface area contributed by atoms with E-state index in [0.717, 1.165) is 6.54 Å². The van der Waals surface area contributed by atoms with Crippen LogP contribution in [0.1, 0.15) is 65.2 Å². The molecule has 0 unspecified atom stereocenters. The first-order chi connectivity index (χ1) is 8.33. The third-order valence-corrected chi connectivity index (χ3v) is 3.49. The van der Waals surface area contributed by atoms with Crippen molar-refractivity contribution in [3.63, 3.8) is 0 Å². The molecular formula is C16H29N. The van der Waals surface area contributed by atoms with Gasteiger partial charge in [0.05, 0.1) is 0 Å². The fourth-order valence-corrected chi connectivity index (χ4v) is 2.23. The van der Waals surface area contributed by atoms with E-state index < -0.39 is 0 Å². The highest BCUT2D eigenvalue weighted by atomic mass is 15.1. The van der Waals surface area contributed by atoms with Gasteiger partial charge in [-0.3, -0.25) is 0 Å². The van der Waals surface area contributed by atoms with E-state index in [1.54, 1.807) is 0 Å². The van der Waals surface area contributed by atoms with Crippen LogP contribution in [-0.2, 0) is 0 Å². The Kier molecular flexibility index (Phi) is 7.87. The quantitative estimate of drug-likeness (QED) is 0.514. The zero-order chi connectivity index (χ0) is 12.3. The average molecular weight is 235 g/mol. The number of rotatable bonds is 9. The third-order valence-electron chi connectivity index (χ3n) is 3.49. The number of nitrogens with zero attached hydrogens (tertiary/aromatic N) is 1. The molecule has 0 spiro atoms. The monoisotopic (exact) mass is 235 g/mol. The molecule has 1 nitrogen and oxygen atoms in total. The molecule has 0 radical (unpaired) electrons. The Morgan fingerprint density at radius 1 is 1.00 bits per heavy atom. The first-order valence-corrected chi connectivity index (χ1v) is 7.42. The van der Waals surface area contributed by atoms with E-state index in [4.69, 9.17) is 0 Å². The smallest absolute Gasteiger partial charge is 0.0359 e. The molecule has 0 bridgehead atoms. The van der Waals surface area contributed by atoms with Gasteiger partial charge < -0.3 is 4.90 Å². The van der Waals surface area contributed by atoms with E-state index in [9.17, 15) is 0 Å². The van der Waals surface area contributed by atoms with Crippen LogP contribution in [0.25, 0.3) is 0 Å². The van der Waals surface area contributed by atoms with E-state index in [1.807, 2.05) is 0 Å². The van der Waals surface area contributed by atoms with E-state index in [1.165, 1.54) is 63.5 Å². The summed E-state index contributed by atoms with van der Waals surface area (Å²) in [6, 6.07) is 0. The van der Waals surface area contributed by atoms with Crippen molar-refractivity contribution in [2.24, 2.45) is 0 Å². The van der Waals surface area contributed by atoms with E-state index in [2.05, 4.69) is 37.1 Å². The highest BCUT2D eigenvalue weighted by Gasteiger charge is 2.01. The molecule has 0 aromatic rings. The van der Waals surface area contributed by atoms with Gasteiger partial charge in [0.1, 0.15) is 0 Å². The first-order valence-electron chi connectivity index (χ1n) is 7.42. The lowest BCUT2D eigenvalue weighted by molar-refractivity contribution is 0.390. The third kappa shape index (κ3) is 7.25. The largest absolute Gasteiger partial charge is 0.374 e. The van der Waals surface area contributed by atoms with E-state index in [-0.39, 0.29) is 0 Å². The summed E-state index contributed by atoms with van der Waals surface area (Å²) in [5, 5.41) is 0. The fraction of sp³-hybridized carbons (Fsp3) is 0.750. The van der Waals surface area contributed by atoms with Crippen LogP contribution in [-0.4, -0.2) is 18.0 Å². The molecule has 17 heavy (non-hydrogen) atoms. The zero-order valence-electron chi connectivity index (χ0n) is 11.8. The Labute approximate surface area is 108 Å². The molecule has 0 atom stereocenters. The topological polar surface area (TPSA) is 3.24 Å². The molecule has 0 aliphatic carbocycles. The lowest BCUT2D eigenvalue weighted by atomic mass is 10.1. The summed E-state index contributed by atoms with van der Waals surface area (Å²) in [5.41, 5.74) is 1.40. The molecule has 1 rings (SSSR count). The van der Waals surface area contributed by atoms with Crippen LogP contribution >= 0.6 is 0 Å². The second kappa shape index (κ2) is 9.32. The van der Waals surface area contributed by atoms with Gasteiger partial charge >= 0.3 is 0 Å². The molecule has 1 heterocycles. The second-order valence-corrected chi connectivity index (χ2v) is 5.23. The van der Waals surface area contributed by atoms with Crippen molar-refractivity contribution < 1.29 is 0 Å². The van der Waals surface area contributed by atoms with Crippen LogP contribution in [0.3, 0.4) is 0 Å². The van der Waals surface area contributed by atoms with Crippen LogP contribution in [0.4, 0.5) is 0 Å². The number of allylic oxidation sites excluding steroid dienone is 2. The molecule has 0 fully saturated rings. The van der Waals surface area contributed by atoms with Gasteiger partial charge in [0.25, 0.3) is 0 Å². The van der Waals surface area contributed by atoms with Gasteiger partial charge in [-0.2, -0.15) is 0 Å². The first kappa shape index (κ1) is 14.3. The predicted molar refractivity (Wildman–Crippen MR) is 77.1 cm³/mol. The lowest BCUT2D eigenvalue weighted by Gasteiger charge is -2.21. The van der Waals surface area contributed by atoms with Gasteiger partial charge in [-0.05, 0) is 25.6 Å². The Morgan fingerprint density at radius 2 is 1.65 bits per heavy atom. The highest BCUT2D eigenvalue weighted by molar-refractivity contribution is 5.19. The lowest BCUT2D eigenvalue weighted by Crippen LogP contribution is -2.20. The normalized spacial score (nSPS) is 15.2. The van der Waals surface area contributed by atoms with Gasteiger partial charge in [-0.15, -0.1) is 0 Å². The van der Waals surface area contributed by atoms with Crippen molar-refractivity contribution in [2.45, 2.75) is 65.2 Å². The Morgan fingerprint density at radius 3 is 2.24 bits per heavy atom. The van der Waals surface area contributed by atoms with Crippen LogP contribution in [0.2, 0.25) is 0 Å². The summed E-state index contributed by atoms with van der Waals surface area (Å²) in [6.07, 6.45) is 18.1. The van der Waals surface area contributed by atoms with Crippen LogP contribution in [0.15, 0.2) is 23.9 Å². The summed E-state index contributed by atoms with van der Waals surface area (Å²) in [6.45, 7) is 6.79. The minimum atomic E-state index is 1.11. The molecule has 1 aliphatic heterocycles. The summed E-state index contributed by atoms with van der Waals surface area (Å²) in [5.74, 6) is 0. The molecule has 0 amide bonds. The maximum Gasteiger partial charge on any atom is 0.0359 e. The molecule has 0 aromatic heterocycles. The van der Waals surface area contributed by atoms with Crippen LogP contribution < -0.4 is 0 Å². The maximum absolute atomic E-state index is 2.42. The van der Waals surface area contributed by atoms with Crippen molar-refractivity contribution >= 4 is 0 Å². The summed E-state index contributed by atoms with van der Waals surface area (Å²) in [7, 11) is 0. The number of hydrogen-bond donors (Lipinski definition) is 0. The van der Waals surface area contributed by atoms with Gasteiger partial charge in [0.2, 0.25) is 0 Å². The molecule has 1 heteroatoms. The van der Waals surface area contributed by atoms with Crippen molar-refractivity contribution in [3.05, 3.63) is 23.9 Å². The molecule has 1 aliphatic rings. The van der Waals surface area contributed by atoms with Crippen molar-refractivity contribution in [1.29, 1.82) is 0 Å². The molecule has 0 aromatic carbocycles. The summed E-state index contributed by atoms with van der Waals surface area (Å²) in [4.78, 5) is 2.42. The van der Waals surface area contributed by atoms with Crippen LogP contribution in [0, 0.1) is 0 Å². The van der Waals surface area contributed by atoms with Gasteiger partial charge in [-0.1, -0.05) is 63.5 Å².